The lowest BCUT2D eigenvalue weighted by molar-refractivity contribution is 0.0986. The molecule has 0 radical (unpaired) electrons. The van der Waals surface area contributed by atoms with Gasteiger partial charge in [0.25, 0.3) is 0 Å². The molecule has 0 spiro atoms. The maximum Gasteiger partial charge on any atom is 0.227 e. The molecule has 0 aliphatic heterocycles. The quantitative estimate of drug-likeness (QED) is 0.488. The maximum atomic E-state index is 13.0. The smallest absolute Gasteiger partial charge is 0.227 e. The van der Waals surface area contributed by atoms with Gasteiger partial charge in [0.1, 0.15) is 0 Å². The number of halogens is 2. The van der Waals surface area contributed by atoms with Crippen molar-refractivity contribution >= 4 is 29.0 Å². The van der Waals surface area contributed by atoms with E-state index in [2.05, 4.69) is 9.97 Å². The van der Waals surface area contributed by atoms with Gasteiger partial charge < -0.3 is 19.6 Å². The second kappa shape index (κ2) is 9.47. The molecule has 0 aliphatic carbocycles. The largest absolute Gasteiger partial charge is 0.493 e. The Labute approximate surface area is 184 Å². The van der Waals surface area contributed by atoms with E-state index in [0.717, 1.165) is 0 Å². The Balaban J connectivity index is 2.00. The van der Waals surface area contributed by atoms with Crippen molar-refractivity contribution in [1.29, 1.82) is 0 Å². The molecule has 0 bridgehead atoms. The molecule has 7 nitrogen and oxygen atoms in total. The molecule has 0 saturated carbocycles. The minimum Gasteiger partial charge on any atom is -0.493 e. The number of aromatic nitrogens is 2. The van der Waals surface area contributed by atoms with Gasteiger partial charge in [0.2, 0.25) is 5.89 Å². The number of pyridine rings is 1. The second-order valence-electron chi connectivity index (χ2n) is 6.50. The third kappa shape index (κ3) is 4.59. The lowest BCUT2D eigenvalue weighted by atomic mass is 10.1. The van der Waals surface area contributed by atoms with Crippen LogP contribution in [0.2, 0.25) is 10.0 Å². The molecule has 0 aliphatic rings. The number of carbonyl (C=O) groups is 1. The van der Waals surface area contributed by atoms with Gasteiger partial charge in [-0.3, -0.25) is 9.78 Å². The molecular weight excluding hydrogens is 429 g/mol. The number of oxazole rings is 1. The van der Waals surface area contributed by atoms with E-state index in [1.807, 2.05) is 6.92 Å². The standard InChI is InChI=1S/C21H21Cl2N3O4/c1-4-29-18-7-12(5-6-17(18)28-3)21-26-19(20(30-21)11(2)24)16(27)8-13-14(22)9-25-10-15(13)23/h5-7,9-11H,4,8,24H2,1-3H3. The van der Waals surface area contributed by atoms with E-state index in [0.29, 0.717) is 39.3 Å². The van der Waals surface area contributed by atoms with E-state index in [1.165, 1.54) is 12.4 Å². The highest BCUT2D eigenvalue weighted by molar-refractivity contribution is 6.36. The average Bonchev–Trinajstić information content (AvgIpc) is 3.17. The third-order valence-electron chi connectivity index (χ3n) is 4.33. The number of hydrogen-bond donors (Lipinski definition) is 1. The van der Waals surface area contributed by atoms with Crippen LogP contribution in [0.15, 0.2) is 35.0 Å². The van der Waals surface area contributed by atoms with E-state index in [9.17, 15) is 4.79 Å². The van der Waals surface area contributed by atoms with Crippen LogP contribution in [0.5, 0.6) is 11.5 Å². The Kier molecular flexibility index (Phi) is 6.97. The second-order valence-corrected chi connectivity index (χ2v) is 7.32. The van der Waals surface area contributed by atoms with Crippen molar-refractivity contribution in [2.45, 2.75) is 26.3 Å². The van der Waals surface area contributed by atoms with Crippen LogP contribution in [0.3, 0.4) is 0 Å². The first-order valence-electron chi connectivity index (χ1n) is 9.24. The van der Waals surface area contributed by atoms with Crippen molar-refractivity contribution in [2.24, 2.45) is 5.73 Å². The van der Waals surface area contributed by atoms with Gasteiger partial charge in [-0.15, -0.1) is 0 Å². The molecule has 9 heteroatoms. The number of benzene rings is 1. The van der Waals surface area contributed by atoms with Gasteiger partial charge in [-0.1, -0.05) is 23.2 Å². The minimum absolute atomic E-state index is 0.0569. The van der Waals surface area contributed by atoms with Gasteiger partial charge >= 0.3 is 0 Å². The van der Waals surface area contributed by atoms with Crippen LogP contribution < -0.4 is 15.2 Å². The van der Waals surface area contributed by atoms with E-state index in [-0.39, 0.29) is 29.5 Å². The summed E-state index contributed by atoms with van der Waals surface area (Å²) in [5.74, 6) is 1.34. The van der Waals surface area contributed by atoms with Gasteiger partial charge in [0, 0.05) is 29.9 Å². The Morgan fingerprint density at radius 2 is 1.93 bits per heavy atom. The van der Waals surface area contributed by atoms with Crippen LogP contribution in [0.25, 0.3) is 11.5 Å². The zero-order valence-corrected chi connectivity index (χ0v) is 18.3. The number of nitrogens with two attached hydrogens (primary N) is 1. The first kappa shape index (κ1) is 22.1. The lowest BCUT2D eigenvalue weighted by Crippen LogP contribution is -2.13. The van der Waals surface area contributed by atoms with Crippen molar-refractivity contribution in [1.82, 2.24) is 9.97 Å². The molecule has 158 valence electrons. The first-order chi connectivity index (χ1) is 14.3. The van der Waals surface area contributed by atoms with Crippen LogP contribution in [-0.2, 0) is 6.42 Å². The molecule has 2 aromatic heterocycles. The highest BCUT2D eigenvalue weighted by Crippen LogP contribution is 2.34. The topological polar surface area (TPSA) is 100 Å². The molecule has 30 heavy (non-hydrogen) atoms. The summed E-state index contributed by atoms with van der Waals surface area (Å²) in [6.45, 7) is 4.05. The van der Waals surface area contributed by atoms with Crippen molar-refractivity contribution < 1.29 is 18.7 Å². The molecule has 2 N–H and O–H groups in total. The average molecular weight is 450 g/mol. The van der Waals surface area contributed by atoms with E-state index in [1.54, 1.807) is 32.2 Å². The number of carbonyl (C=O) groups excluding carboxylic acids is 1. The van der Waals surface area contributed by atoms with Crippen LogP contribution in [-0.4, -0.2) is 29.5 Å². The molecule has 3 rings (SSSR count). The first-order valence-corrected chi connectivity index (χ1v) is 9.99. The van der Waals surface area contributed by atoms with Crippen LogP contribution >= 0.6 is 23.2 Å². The summed E-state index contributed by atoms with van der Waals surface area (Å²) in [5, 5.41) is 0.608. The molecule has 0 amide bonds. The molecule has 3 aromatic rings. The fourth-order valence-electron chi connectivity index (χ4n) is 2.89. The fourth-order valence-corrected chi connectivity index (χ4v) is 3.39. The Morgan fingerprint density at radius 3 is 2.53 bits per heavy atom. The highest BCUT2D eigenvalue weighted by atomic mass is 35.5. The summed E-state index contributed by atoms with van der Waals surface area (Å²) < 4.78 is 16.8. The number of Topliss-reactive ketones (excluding diaryl/α,β-unsaturated/α-hetero) is 1. The third-order valence-corrected chi connectivity index (χ3v) is 4.98. The normalized spacial score (nSPS) is 11.9. The van der Waals surface area contributed by atoms with Crippen molar-refractivity contribution in [3.05, 3.63) is 57.7 Å². The highest BCUT2D eigenvalue weighted by Gasteiger charge is 2.25. The summed E-state index contributed by atoms with van der Waals surface area (Å²) in [5.41, 5.74) is 7.26. The van der Waals surface area contributed by atoms with Gasteiger partial charge in [-0.25, -0.2) is 4.98 Å². The van der Waals surface area contributed by atoms with Gasteiger partial charge in [-0.2, -0.15) is 0 Å². The van der Waals surface area contributed by atoms with Crippen molar-refractivity contribution in [2.75, 3.05) is 13.7 Å². The zero-order valence-electron chi connectivity index (χ0n) is 16.7. The molecular formula is C21H21Cl2N3O4. The zero-order chi connectivity index (χ0) is 21.8. The lowest BCUT2D eigenvalue weighted by Gasteiger charge is -2.09. The molecule has 1 unspecified atom stereocenters. The summed E-state index contributed by atoms with van der Waals surface area (Å²) in [4.78, 5) is 21.3. The molecule has 2 heterocycles. The summed E-state index contributed by atoms with van der Waals surface area (Å²) in [6.07, 6.45) is 2.81. The monoisotopic (exact) mass is 449 g/mol. The summed E-state index contributed by atoms with van der Waals surface area (Å²) in [7, 11) is 1.56. The van der Waals surface area contributed by atoms with E-state index < -0.39 is 6.04 Å². The van der Waals surface area contributed by atoms with Gasteiger partial charge in [0.15, 0.2) is 28.7 Å². The molecule has 0 fully saturated rings. The predicted molar refractivity (Wildman–Crippen MR) is 115 cm³/mol. The summed E-state index contributed by atoms with van der Waals surface area (Å²) in [6, 6.07) is 4.71. The Hall–Kier alpha value is -2.61. The molecule has 0 saturated heterocycles. The Bertz CT molecular complexity index is 1050. The summed E-state index contributed by atoms with van der Waals surface area (Å²) >= 11 is 12.3. The van der Waals surface area contributed by atoms with Crippen molar-refractivity contribution in [3.8, 4) is 23.0 Å². The van der Waals surface area contributed by atoms with Gasteiger partial charge in [0.05, 0.1) is 29.8 Å². The van der Waals surface area contributed by atoms with Crippen molar-refractivity contribution in [3.63, 3.8) is 0 Å². The number of rotatable bonds is 8. The molecule has 1 atom stereocenters. The number of ether oxygens (including phenoxy) is 2. The number of hydrogen-bond acceptors (Lipinski definition) is 7. The number of nitrogens with zero attached hydrogens (tertiary/aromatic N) is 2. The Morgan fingerprint density at radius 1 is 1.23 bits per heavy atom. The van der Waals surface area contributed by atoms with Crippen LogP contribution in [0, 0.1) is 0 Å². The molecule has 1 aromatic carbocycles. The van der Waals surface area contributed by atoms with Crippen LogP contribution in [0.4, 0.5) is 0 Å². The SMILES string of the molecule is CCOc1cc(-c2nc(C(=O)Cc3c(Cl)cncc3Cl)c(C(C)N)o2)ccc1OC. The van der Waals surface area contributed by atoms with E-state index >= 15 is 0 Å². The number of ketones is 1. The fraction of sp³-hybridized carbons (Fsp3) is 0.286. The van der Waals surface area contributed by atoms with Crippen LogP contribution in [0.1, 0.15) is 41.7 Å². The predicted octanol–water partition coefficient (Wildman–Crippen LogP) is 4.90. The number of methoxy groups -OCH3 is 1. The minimum atomic E-state index is -0.543. The van der Waals surface area contributed by atoms with Gasteiger partial charge in [-0.05, 0) is 32.0 Å². The maximum absolute atomic E-state index is 13.0. The van der Waals surface area contributed by atoms with E-state index in [4.69, 9.17) is 42.8 Å².